The zero-order valence-corrected chi connectivity index (χ0v) is 7.38. The molecule has 0 amide bonds. The van der Waals surface area contributed by atoms with E-state index in [1.165, 1.54) is 12.5 Å². The number of phenolic OH excluding ortho intramolecular Hbond substituents is 1. The van der Waals surface area contributed by atoms with Gasteiger partial charge in [0.1, 0.15) is 18.6 Å². The molecule has 4 heteroatoms. The number of rotatable bonds is 3. The molecule has 1 aromatic heterocycles. The summed E-state index contributed by atoms with van der Waals surface area (Å²) in [6.45, 7) is 0.299. The Kier molecular flexibility index (Phi) is 2.36. The fourth-order valence-electron chi connectivity index (χ4n) is 1.06. The second kappa shape index (κ2) is 3.83. The van der Waals surface area contributed by atoms with Gasteiger partial charge in [0.15, 0.2) is 12.0 Å². The molecule has 0 radical (unpaired) electrons. The Morgan fingerprint density at radius 2 is 2.21 bits per heavy atom. The molecule has 0 spiro atoms. The SMILES string of the molecule is Oc1ccccc1COc1cnoc1. The third-order valence-electron chi connectivity index (χ3n) is 1.80. The van der Waals surface area contributed by atoms with E-state index < -0.39 is 0 Å². The molecular weight excluding hydrogens is 182 g/mol. The Bertz CT molecular complexity index is 398. The van der Waals surface area contributed by atoms with Gasteiger partial charge in [-0.2, -0.15) is 0 Å². The number of hydrogen-bond acceptors (Lipinski definition) is 4. The second-order valence-corrected chi connectivity index (χ2v) is 2.78. The van der Waals surface area contributed by atoms with Gasteiger partial charge < -0.3 is 14.4 Å². The number of aromatic hydroxyl groups is 1. The lowest BCUT2D eigenvalue weighted by molar-refractivity contribution is 0.295. The van der Waals surface area contributed by atoms with E-state index in [1.54, 1.807) is 18.2 Å². The Morgan fingerprint density at radius 3 is 2.93 bits per heavy atom. The number of para-hydroxylation sites is 1. The molecule has 1 heterocycles. The first-order chi connectivity index (χ1) is 6.86. The Labute approximate surface area is 80.7 Å². The van der Waals surface area contributed by atoms with Crippen LogP contribution < -0.4 is 4.74 Å². The van der Waals surface area contributed by atoms with Crippen molar-refractivity contribution in [1.29, 1.82) is 0 Å². The van der Waals surface area contributed by atoms with Crippen LogP contribution in [0.4, 0.5) is 0 Å². The summed E-state index contributed by atoms with van der Waals surface area (Å²) in [5, 5.41) is 12.9. The van der Waals surface area contributed by atoms with Gasteiger partial charge in [0, 0.05) is 5.56 Å². The van der Waals surface area contributed by atoms with Crippen LogP contribution in [-0.4, -0.2) is 10.3 Å². The van der Waals surface area contributed by atoms with Crippen molar-refractivity contribution >= 4 is 0 Å². The number of aromatic nitrogens is 1. The first-order valence-corrected chi connectivity index (χ1v) is 4.15. The highest BCUT2D eigenvalue weighted by molar-refractivity contribution is 5.31. The van der Waals surface area contributed by atoms with Gasteiger partial charge in [-0.05, 0) is 6.07 Å². The van der Waals surface area contributed by atoms with Gasteiger partial charge in [-0.3, -0.25) is 0 Å². The molecule has 0 aliphatic carbocycles. The van der Waals surface area contributed by atoms with E-state index in [0.29, 0.717) is 12.4 Å². The molecule has 0 saturated carbocycles. The molecule has 1 aromatic carbocycles. The fraction of sp³-hybridized carbons (Fsp3) is 0.100. The lowest BCUT2D eigenvalue weighted by atomic mass is 10.2. The minimum Gasteiger partial charge on any atom is -0.508 e. The van der Waals surface area contributed by atoms with E-state index >= 15 is 0 Å². The summed E-state index contributed by atoms with van der Waals surface area (Å²) < 4.78 is 9.89. The van der Waals surface area contributed by atoms with Crippen LogP contribution in [0.5, 0.6) is 11.5 Å². The molecule has 0 aliphatic rings. The molecule has 0 saturated heterocycles. The van der Waals surface area contributed by atoms with E-state index in [2.05, 4.69) is 9.68 Å². The lowest BCUT2D eigenvalue weighted by Crippen LogP contribution is -1.94. The molecule has 2 aromatic rings. The second-order valence-electron chi connectivity index (χ2n) is 2.78. The standard InChI is InChI=1S/C10H9NO3/c12-10-4-2-1-3-8(10)6-13-9-5-11-14-7-9/h1-5,7,12H,6H2. The van der Waals surface area contributed by atoms with Gasteiger partial charge >= 0.3 is 0 Å². The molecule has 2 rings (SSSR count). The van der Waals surface area contributed by atoms with Crippen LogP contribution in [0.25, 0.3) is 0 Å². The van der Waals surface area contributed by atoms with Crippen molar-refractivity contribution in [1.82, 2.24) is 5.16 Å². The highest BCUT2D eigenvalue weighted by atomic mass is 16.5. The largest absolute Gasteiger partial charge is 0.508 e. The van der Waals surface area contributed by atoms with Crippen LogP contribution in [0.2, 0.25) is 0 Å². The maximum atomic E-state index is 9.42. The minimum atomic E-state index is 0.226. The van der Waals surface area contributed by atoms with Gasteiger partial charge in [0.05, 0.1) is 0 Å². The van der Waals surface area contributed by atoms with Gasteiger partial charge in [-0.15, -0.1) is 0 Å². The Hall–Kier alpha value is -1.97. The zero-order chi connectivity index (χ0) is 9.80. The topological polar surface area (TPSA) is 55.5 Å². The van der Waals surface area contributed by atoms with Crippen LogP contribution in [0.3, 0.4) is 0 Å². The highest BCUT2D eigenvalue weighted by Gasteiger charge is 2.01. The summed E-state index contributed by atoms with van der Waals surface area (Å²) in [5.74, 6) is 0.775. The van der Waals surface area contributed by atoms with E-state index in [4.69, 9.17) is 4.74 Å². The van der Waals surface area contributed by atoms with Crippen molar-refractivity contribution < 1.29 is 14.4 Å². The van der Waals surface area contributed by atoms with Crippen molar-refractivity contribution in [3.8, 4) is 11.5 Å². The molecule has 0 atom stereocenters. The molecule has 0 unspecified atom stereocenters. The van der Waals surface area contributed by atoms with Crippen molar-refractivity contribution in [2.45, 2.75) is 6.61 Å². The summed E-state index contributed by atoms with van der Waals surface area (Å²) in [7, 11) is 0. The van der Waals surface area contributed by atoms with Crippen molar-refractivity contribution in [2.24, 2.45) is 0 Å². The minimum absolute atomic E-state index is 0.226. The molecule has 0 bridgehead atoms. The molecule has 4 nitrogen and oxygen atoms in total. The number of benzene rings is 1. The maximum Gasteiger partial charge on any atom is 0.179 e. The van der Waals surface area contributed by atoms with Crippen molar-refractivity contribution in [3.63, 3.8) is 0 Å². The normalized spacial score (nSPS) is 10.0. The number of hydrogen-bond donors (Lipinski definition) is 1. The number of nitrogens with zero attached hydrogens (tertiary/aromatic N) is 1. The van der Waals surface area contributed by atoms with Crippen molar-refractivity contribution in [2.75, 3.05) is 0 Å². The van der Waals surface area contributed by atoms with E-state index in [0.717, 1.165) is 5.56 Å². The van der Waals surface area contributed by atoms with E-state index in [-0.39, 0.29) is 5.75 Å². The fourth-order valence-corrected chi connectivity index (χ4v) is 1.06. The molecule has 0 fully saturated rings. The molecule has 1 N–H and O–H groups in total. The predicted octanol–water partition coefficient (Wildman–Crippen LogP) is 1.96. The number of ether oxygens (including phenoxy) is 1. The molecular formula is C10H9NO3. The van der Waals surface area contributed by atoms with Crippen LogP contribution in [-0.2, 0) is 6.61 Å². The average Bonchev–Trinajstić information content (AvgIpc) is 2.69. The average molecular weight is 191 g/mol. The summed E-state index contributed by atoms with van der Waals surface area (Å²) in [5.41, 5.74) is 0.730. The van der Waals surface area contributed by atoms with Crippen molar-refractivity contribution in [3.05, 3.63) is 42.3 Å². The van der Waals surface area contributed by atoms with Crippen LogP contribution in [0, 0.1) is 0 Å². The van der Waals surface area contributed by atoms with Crippen LogP contribution >= 0.6 is 0 Å². The smallest absolute Gasteiger partial charge is 0.179 e. The lowest BCUT2D eigenvalue weighted by Gasteiger charge is -2.04. The van der Waals surface area contributed by atoms with Gasteiger partial charge in [0.25, 0.3) is 0 Å². The zero-order valence-electron chi connectivity index (χ0n) is 7.38. The molecule has 14 heavy (non-hydrogen) atoms. The maximum absolute atomic E-state index is 9.42. The number of phenols is 1. The van der Waals surface area contributed by atoms with Crippen LogP contribution in [0.1, 0.15) is 5.56 Å². The third-order valence-corrected chi connectivity index (χ3v) is 1.80. The first-order valence-electron chi connectivity index (χ1n) is 4.15. The van der Waals surface area contributed by atoms with E-state index in [9.17, 15) is 5.11 Å². The predicted molar refractivity (Wildman–Crippen MR) is 48.9 cm³/mol. The summed E-state index contributed by atoms with van der Waals surface area (Å²) >= 11 is 0. The first kappa shape index (κ1) is 8.62. The molecule has 0 aliphatic heterocycles. The highest BCUT2D eigenvalue weighted by Crippen LogP contribution is 2.18. The van der Waals surface area contributed by atoms with Gasteiger partial charge in [-0.25, -0.2) is 0 Å². The summed E-state index contributed by atoms with van der Waals surface area (Å²) in [4.78, 5) is 0. The molecule has 72 valence electrons. The van der Waals surface area contributed by atoms with E-state index in [1.807, 2.05) is 6.07 Å². The summed E-state index contributed by atoms with van der Waals surface area (Å²) in [6.07, 6.45) is 2.87. The Balaban J connectivity index is 2.02. The monoisotopic (exact) mass is 191 g/mol. The summed E-state index contributed by atoms with van der Waals surface area (Å²) in [6, 6.07) is 7.01. The van der Waals surface area contributed by atoms with Gasteiger partial charge in [-0.1, -0.05) is 23.4 Å². The van der Waals surface area contributed by atoms with Crippen LogP contribution in [0.15, 0.2) is 41.2 Å². The Morgan fingerprint density at radius 1 is 1.36 bits per heavy atom. The van der Waals surface area contributed by atoms with Gasteiger partial charge in [0.2, 0.25) is 0 Å². The third kappa shape index (κ3) is 1.85. The quantitative estimate of drug-likeness (QED) is 0.805.